The van der Waals surface area contributed by atoms with Gasteiger partial charge in [-0.25, -0.2) is 0 Å². The second kappa shape index (κ2) is 8.59. The Labute approximate surface area is 124 Å². The van der Waals surface area contributed by atoms with E-state index in [-0.39, 0.29) is 11.9 Å². The predicted octanol–water partition coefficient (Wildman–Crippen LogP) is 1.83. The molecular weight excluding hydrogens is 272 g/mol. The van der Waals surface area contributed by atoms with E-state index in [1.165, 1.54) is 0 Å². The van der Waals surface area contributed by atoms with Gasteiger partial charge in [0.25, 0.3) is 0 Å². The largest absolute Gasteiger partial charge is 0.478 e. The molecule has 1 aromatic heterocycles. The molecule has 2 heterocycles. The fourth-order valence-electron chi connectivity index (χ4n) is 2.12. The highest BCUT2D eigenvalue weighted by Crippen LogP contribution is 2.14. The molecule has 0 saturated carbocycles. The topological polar surface area (TPSA) is 83.7 Å². The Balaban J connectivity index is 1.57. The maximum Gasteiger partial charge on any atom is 0.215 e. The van der Waals surface area contributed by atoms with Crippen LogP contribution in [0.3, 0.4) is 0 Å². The van der Waals surface area contributed by atoms with Crippen molar-refractivity contribution in [1.29, 1.82) is 0 Å². The van der Waals surface area contributed by atoms with Crippen molar-refractivity contribution in [2.45, 2.75) is 31.8 Å². The maximum atomic E-state index is 10.6. The number of carbonyl (C=O) groups is 1. The summed E-state index contributed by atoms with van der Waals surface area (Å²) in [7, 11) is 0. The second-order valence-electron chi connectivity index (χ2n) is 5.01. The first-order chi connectivity index (χ1) is 10.3. The predicted molar refractivity (Wildman–Crippen MR) is 78.6 cm³/mol. The Kier molecular flexibility index (Phi) is 6.43. The molecule has 1 unspecified atom stereocenters. The van der Waals surface area contributed by atoms with Crippen molar-refractivity contribution < 1.29 is 19.0 Å². The van der Waals surface area contributed by atoms with Crippen LogP contribution in [0.4, 0.5) is 5.82 Å². The molecule has 2 rings (SSSR count). The van der Waals surface area contributed by atoms with Crippen molar-refractivity contribution >= 4 is 12.1 Å². The molecule has 0 amide bonds. The van der Waals surface area contributed by atoms with E-state index in [4.69, 9.17) is 19.9 Å². The molecule has 1 aliphatic heterocycles. The molecule has 6 nitrogen and oxygen atoms in total. The molecule has 1 atom stereocenters. The molecule has 0 aromatic carbocycles. The Morgan fingerprint density at radius 2 is 2.24 bits per heavy atom. The third kappa shape index (κ3) is 5.32. The minimum absolute atomic E-state index is 0.197. The summed E-state index contributed by atoms with van der Waals surface area (Å²) in [5.41, 5.74) is 5.99. The van der Waals surface area contributed by atoms with Gasteiger partial charge in [0.2, 0.25) is 5.88 Å². The molecule has 116 valence electrons. The summed E-state index contributed by atoms with van der Waals surface area (Å²) < 4.78 is 16.6. The third-order valence-corrected chi connectivity index (χ3v) is 3.32. The number of nitrogen functional groups attached to an aromatic ring is 1. The van der Waals surface area contributed by atoms with Crippen molar-refractivity contribution in [1.82, 2.24) is 4.98 Å². The van der Waals surface area contributed by atoms with Gasteiger partial charge in [0, 0.05) is 19.3 Å². The molecule has 0 aliphatic carbocycles. The van der Waals surface area contributed by atoms with Crippen LogP contribution in [0, 0.1) is 0 Å². The van der Waals surface area contributed by atoms with E-state index >= 15 is 0 Å². The zero-order valence-corrected chi connectivity index (χ0v) is 12.1. The van der Waals surface area contributed by atoms with Crippen molar-refractivity contribution in [2.75, 3.05) is 32.2 Å². The monoisotopic (exact) mass is 294 g/mol. The van der Waals surface area contributed by atoms with Gasteiger partial charge in [-0.2, -0.15) is 4.98 Å². The first-order valence-electron chi connectivity index (χ1n) is 7.33. The number of anilines is 1. The SMILES string of the molecule is Nc1nc(OCCCCOC2CCCOC2)ccc1C=O. The van der Waals surface area contributed by atoms with E-state index in [9.17, 15) is 4.79 Å². The van der Waals surface area contributed by atoms with E-state index in [0.29, 0.717) is 30.9 Å². The average molecular weight is 294 g/mol. The molecule has 1 aliphatic rings. The summed E-state index contributed by atoms with van der Waals surface area (Å²) in [5.74, 6) is 0.642. The minimum atomic E-state index is 0.197. The fraction of sp³-hybridized carbons (Fsp3) is 0.600. The highest BCUT2D eigenvalue weighted by atomic mass is 16.5. The Bertz CT molecular complexity index is 447. The standard InChI is InChI=1S/C15H22N2O4/c16-15-12(10-18)5-6-14(17-15)21-9-2-1-8-20-13-4-3-7-19-11-13/h5-6,10,13H,1-4,7-9,11H2,(H2,16,17). The first-order valence-corrected chi connectivity index (χ1v) is 7.33. The minimum Gasteiger partial charge on any atom is -0.478 e. The van der Waals surface area contributed by atoms with Gasteiger partial charge in [-0.1, -0.05) is 0 Å². The van der Waals surface area contributed by atoms with Crippen LogP contribution in [0.25, 0.3) is 0 Å². The lowest BCUT2D eigenvalue weighted by Gasteiger charge is -2.22. The lowest BCUT2D eigenvalue weighted by atomic mass is 10.2. The normalized spacial score (nSPS) is 18.4. The quantitative estimate of drug-likeness (QED) is 0.581. The van der Waals surface area contributed by atoms with E-state index in [0.717, 1.165) is 38.9 Å². The van der Waals surface area contributed by atoms with Crippen molar-refractivity contribution in [2.24, 2.45) is 0 Å². The summed E-state index contributed by atoms with van der Waals surface area (Å²) in [6.45, 7) is 2.84. The van der Waals surface area contributed by atoms with Crippen molar-refractivity contribution in [3.8, 4) is 5.88 Å². The van der Waals surface area contributed by atoms with Crippen LogP contribution in [-0.2, 0) is 9.47 Å². The van der Waals surface area contributed by atoms with Crippen molar-refractivity contribution in [3.05, 3.63) is 17.7 Å². The summed E-state index contributed by atoms with van der Waals surface area (Å²) in [5, 5.41) is 0. The molecule has 1 fully saturated rings. The number of carbonyl (C=O) groups excluding carboxylic acids is 1. The van der Waals surface area contributed by atoms with Crippen molar-refractivity contribution in [3.63, 3.8) is 0 Å². The average Bonchev–Trinajstić information content (AvgIpc) is 2.52. The van der Waals surface area contributed by atoms with Gasteiger partial charge in [0.1, 0.15) is 5.82 Å². The third-order valence-electron chi connectivity index (χ3n) is 3.32. The first kappa shape index (κ1) is 15.7. The van der Waals surface area contributed by atoms with Gasteiger partial charge in [-0.3, -0.25) is 4.79 Å². The molecule has 0 spiro atoms. The molecule has 6 heteroatoms. The van der Waals surface area contributed by atoms with E-state index < -0.39 is 0 Å². The van der Waals surface area contributed by atoms with Crippen LogP contribution in [0.1, 0.15) is 36.0 Å². The van der Waals surface area contributed by atoms with Gasteiger partial charge in [-0.15, -0.1) is 0 Å². The number of ether oxygens (including phenoxy) is 3. The van der Waals surface area contributed by atoms with Crippen LogP contribution in [0.15, 0.2) is 12.1 Å². The number of nitrogens with zero attached hydrogens (tertiary/aromatic N) is 1. The van der Waals surface area contributed by atoms with Gasteiger partial charge < -0.3 is 19.9 Å². The molecular formula is C15H22N2O4. The number of pyridine rings is 1. The number of nitrogens with two attached hydrogens (primary N) is 1. The Hall–Kier alpha value is -1.66. The number of hydrogen-bond acceptors (Lipinski definition) is 6. The zero-order chi connectivity index (χ0) is 14.9. The summed E-state index contributed by atoms with van der Waals surface area (Å²) in [4.78, 5) is 14.6. The Morgan fingerprint density at radius 1 is 1.38 bits per heavy atom. The van der Waals surface area contributed by atoms with Crippen LogP contribution < -0.4 is 10.5 Å². The van der Waals surface area contributed by atoms with E-state index in [2.05, 4.69) is 4.98 Å². The number of aldehydes is 1. The molecule has 2 N–H and O–H groups in total. The fourth-order valence-corrected chi connectivity index (χ4v) is 2.12. The highest BCUT2D eigenvalue weighted by Gasteiger charge is 2.13. The molecule has 0 bridgehead atoms. The van der Waals surface area contributed by atoms with Crippen LogP contribution in [0.2, 0.25) is 0 Å². The lowest BCUT2D eigenvalue weighted by molar-refractivity contribution is -0.0510. The number of unbranched alkanes of at least 4 members (excludes halogenated alkanes) is 1. The maximum absolute atomic E-state index is 10.6. The Morgan fingerprint density at radius 3 is 2.95 bits per heavy atom. The number of aromatic nitrogens is 1. The van der Waals surface area contributed by atoms with E-state index in [1.807, 2.05) is 0 Å². The molecule has 0 radical (unpaired) electrons. The summed E-state index contributed by atoms with van der Waals surface area (Å²) in [6, 6.07) is 3.26. The van der Waals surface area contributed by atoms with Gasteiger partial charge >= 0.3 is 0 Å². The molecule has 1 aromatic rings. The zero-order valence-electron chi connectivity index (χ0n) is 12.1. The number of hydrogen-bond donors (Lipinski definition) is 1. The molecule has 1 saturated heterocycles. The number of rotatable bonds is 8. The van der Waals surface area contributed by atoms with Crippen LogP contribution >= 0.6 is 0 Å². The second-order valence-corrected chi connectivity index (χ2v) is 5.01. The van der Waals surface area contributed by atoms with Gasteiger partial charge in [0.05, 0.1) is 24.9 Å². The summed E-state index contributed by atoms with van der Waals surface area (Å²) in [6.07, 6.45) is 4.90. The lowest BCUT2D eigenvalue weighted by Crippen LogP contribution is -2.25. The smallest absolute Gasteiger partial charge is 0.215 e. The van der Waals surface area contributed by atoms with Gasteiger partial charge in [-0.05, 0) is 31.7 Å². The van der Waals surface area contributed by atoms with Gasteiger partial charge in [0.15, 0.2) is 6.29 Å². The van der Waals surface area contributed by atoms with E-state index in [1.54, 1.807) is 12.1 Å². The van der Waals surface area contributed by atoms with Crippen LogP contribution in [0.5, 0.6) is 5.88 Å². The summed E-state index contributed by atoms with van der Waals surface area (Å²) >= 11 is 0. The highest BCUT2D eigenvalue weighted by molar-refractivity contribution is 5.81. The molecule has 21 heavy (non-hydrogen) atoms. The van der Waals surface area contributed by atoms with Crippen LogP contribution in [-0.4, -0.2) is 43.8 Å².